The maximum atomic E-state index is 12.7. The molecule has 0 fully saturated rings. The largest absolute Gasteiger partial charge is 0.320 e. The lowest BCUT2D eigenvalue weighted by molar-refractivity contribution is 0.102. The van der Waals surface area contributed by atoms with Gasteiger partial charge in [0.15, 0.2) is 5.01 Å². The third-order valence-electron chi connectivity index (χ3n) is 4.51. The fraction of sp³-hybridized carbons (Fsp3) is 0.0476. The van der Waals surface area contributed by atoms with Gasteiger partial charge in [0, 0.05) is 29.8 Å². The van der Waals surface area contributed by atoms with Crippen LogP contribution in [0.25, 0.3) is 27.3 Å². The Morgan fingerprint density at radius 2 is 2.00 bits per heavy atom. The zero-order chi connectivity index (χ0) is 19.1. The van der Waals surface area contributed by atoms with Gasteiger partial charge < -0.3 is 5.32 Å². The van der Waals surface area contributed by atoms with Crippen molar-refractivity contribution in [3.63, 3.8) is 0 Å². The van der Waals surface area contributed by atoms with E-state index in [0.29, 0.717) is 10.8 Å². The van der Waals surface area contributed by atoms with Gasteiger partial charge in [-0.2, -0.15) is 0 Å². The molecule has 0 aliphatic rings. The first kappa shape index (κ1) is 16.6. The Morgan fingerprint density at radius 3 is 2.86 bits per heavy atom. The Bertz CT molecular complexity index is 1270. The normalized spacial score (nSPS) is 11.2. The summed E-state index contributed by atoms with van der Waals surface area (Å²) in [6, 6.07) is 15.5. The topological polar surface area (TPSA) is 72.2 Å². The maximum Gasteiger partial charge on any atom is 0.284 e. The molecule has 7 heteroatoms. The van der Waals surface area contributed by atoms with Gasteiger partial charge in [-0.05, 0) is 36.8 Å². The van der Waals surface area contributed by atoms with Crippen molar-refractivity contribution in [3.8, 4) is 11.3 Å². The molecule has 0 aliphatic carbocycles. The first-order valence-corrected chi connectivity index (χ1v) is 9.57. The molecule has 0 bridgehead atoms. The fourth-order valence-corrected chi connectivity index (χ4v) is 3.89. The molecule has 0 saturated carbocycles. The number of hydrogen-bond acceptors (Lipinski definition) is 5. The molecule has 0 unspecified atom stereocenters. The molecule has 3 aromatic heterocycles. The van der Waals surface area contributed by atoms with Gasteiger partial charge in [-0.15, -0.1) is 11.3 Å². The number of hydrogen-bond donors (Lipinski definition) is 1. The first-order chi connectivity index (χ1) is 13.7. The highest BCUT2D eigenvalue weighted by Gasteiger charge is 2.14. The summed E-state index contributed by atoms with van der Waals surface area (Å²) in [6.45, 7) is 1.96. The number of para-hydroxylation sites is 1. The van der Waals surface area contributed by atoms with E-state index in [0.717, 1.165) is 32.7 Å². The second kappa shape index (κ2) is 6.54. The summed E-state index contributed by atoms with van der Waals surface area (Å²) < 4.78 is 2.87. The van der Waals surface area contributed by atoms with Crippen molar-refractivity contribution in [2.45, 2.75) is 6.92 Å². The smallest absolute Gasteiger partial charge is 0.284 e. The monoisotopic (exact) mass is 385 g/mol. The van der Waals surface area contributed by atoms with E-state index in [1.165, 1.54) is 11.3 Å². The van der Waals surface area contributed by atoms with E-state index in [-0.39, 0.29) is 5.91 Å². The number of carbonyl (C=O) groups excluding carboxylic acids is 1. The van der Waals surface area contributed by atoms with Crippen LogP contribution in [-0.2, 0) is 0 Å². The lowest BCUT2D eigenvalue weighted by Gasteiger charge is -2.08. The Hall–Kier alpha value is -3.58. The molecule has 5 rings (SSSR count). The predicted molar refractivity (Wildman–Crippen MR) is 111 cm³/mol. The third-order valence-corrected chi connectivity index (χ3v) is 5.54. The van der Waals surface area contributed by atoms with Crippen LogP contribution in [0.4, 0.5) is 5.69 Å². The summed E-state index contributed by atoms with van der Waals surface area (Å²) in [5.74, 6) is 0.427. The van der Waals surface area contributed by atoms with Crippen molar-refractivity contribution in [2.24, 2.45) is 0 Å². The summed E-state index contributed by atoms with van der Waals surface area (Å²) in [5, 5.41) is 3.44. The Balaban J connectivity index is 1.47. The van der Waals surface area contributed by atoms with E-state index in [4.69, 9.17) is 0 Å². The van der Waals surface area contributed by atoms with Gasteiger partial charge in [-0.25, -0.2) is 15.0 Å². The number of amides is 1. The number of carbonyl (C=O) groups is 1. The molecule has 0 aliphatic heterocycles. The Labute approximate surface area is 164 Å². The average molecular weight is 385 g/mol. The zero-order valence-corrected chi connectivity index (χ0v) is 15.8. The number of imidazole rings is 1. The molecule has 0 atom stereocenters. The van der Waals surface area contributed by atoms with Gasteiger partial charge in [0.05, 0.1) is 15.9 Å². The molecular weight excluding hydrogens is 370 g/mol. The van der Waals surface area contributed by atoms with E-state index >= 15 is 0 Å². The van der Waals surface area contributed by atoms with Crippen LogP contribution in [0.1, 0.15) is 15.4 Å². The van der Waals surface area contributed by atoms with Crippen LogP contribution < -0.4 is 5.32 Å². The molecule has 3 heterocycles. The summed E-state index contributed by atoms with van der Waals surface area (Å²) >= 11 is 1.39. The van der Waals surface area contributed by atoms with Crippen molar-refractivity contribution >= 4 is 38.9 Å². The van der Waals surface area contributed by atoms with Crippen LogP contribution in [-0.4, -0.2) is 25.3 Å². The Morgan fingerprint density at radius 1 is 1.11 bits per heavy atom. The SMILES string of the molecule is Cc1ccc(-c2cn3cccnc3n2)cc1NC(=O)c1nc2ccccc2s1. The van der Waals surface area contributed by atoms with E-state index in [9.17, 15) is 4.79 Å². The van der Waals surface area contributed by atoms with Crippen molar-refractivity contribution in [3.05, 3.63) is 77.7 Å². The minimum atomic E-state index is -0.210. The molecule has 0 radical (unpaired) electrons. The standard InChI is InChI=1S/C21H15N5OS/c1-13-7-8-14(17-12-26-10-4-9-22-21(26)25-17)11-16(13)23-19(27)20-24-15-5-2-3-6-18(15)28-20/h2-12H,1H3,(H,23,27). The van der Waals surface area contributed by atoms with E-state index in [1.807, 2.05) is 72.2 Å². The van der Waals surface area contributed by atoms with Crippen LogP contribution in [0, 0.1) is 6.92 Å². The number of benzene rings is 2. The molecule has 0 spiro atoms. The maximum absolute atomic E-state index is 12.7. The van der Waals surface area contributed by atoms with Crippen molar-refractivity contribution in [2.75, 3.05) is 5.32 Å². The van der Waals surface area contributed by atoms with Crippen molar-refractivity contribution < 1.29 is 4.79 Å². The van der Waals surface area contributed by atoms with Gasteiger partial charge >= 0.3 is 0 Å². The van der Waals surface area contributed by atoms with Gasteiger partial charge in [0.25, 0.3) is 5.91 Å². The van der Waals surface area contributed by atoms with Crippen molar-refractivity contribution in [1.29, 1.82) is 0 Å². The number of anilines is 1. The van der Waals surface area contributed by atoms with E-state index in [1.54, 1.807) is 6.20 Å². The molecule has 6 nitrogen and oxygen atoms in total. The summed E-state index contributed by atoms with van der Waals surface area (Å²) in [4.78, 5) is 26.0. The quantitative estimate of drug-likeness (QED) is 0.494. The number of aromatic nitrogens is 4. The van der Waals surface area contributed by atoms with Gasteiger partial charge in [0.2, 0.25) is 5.78 Å². The second-order valence-corrected chi connectivity index (χ2v) is 7.45. The van der Waals surface area contributed by atoms with Crippen molar-refractivity contribution in [1.82, 2.24) is 19.4 Å². The fourth-order valence-electron chi connectivity index (χ4n) is 3.03. The van der Waals surface area contributed by atoms with E-state index < -0.39 is 0 Å². The molecule has 5 aromatic rings. The highest BCUT2D eigenvalue weighted by atomic mass is 32.1. The average Bonchev–Trinajstić information content (AvgIpc) is 3.33. The number of aryl methyl sites for hydroxylation is 1. The molecule has 0 saturated heterocycles. The number of rotatable bonds is 3. The minimum Gasteiger partial charge on any atom is -0.320 e. The number of nitrogens with zero attached hydrogens (tertiary/aromatic N) is 4. The lowest BCUT2D eigenvalue weighted by Crippen LogP contribution is -2.12. The number of fused-ring (bicyclic) bond motifs is 2. The third kappa shape index (κ3) is 2.91. The zero-order valence-electron chi connectivity index (χ0n) is 15.0. The summed E-state index contributed by atoms with van der Waals surface area (Å²) in [5.41, 5.74) is 4.26. The molecule has 28 heavy (non-hydrogen) atoms. The predicted octanol–water partition coefficient (Wildman–Crippen LogP) is 4.57. The van der Waals surface area contributed by atoms with Gasteiger partial charge in [-0.1, -0.05) is 24.3 Å². The number of thiazole rings is 1. The highest BCUT2D eigenvalue weighted by molar-refractivity contribution is 7.20. The lowest BCUT2D eigenvalue weighted by atomic mass is 10.1. The van der Waals surface area contributed by atoms with Crippen LogP contribution in [0.15, 0.2) is 67.1 Å². The van der Waals surface area contributed by atoms with Crippen LogP contribution in [0.3, 0.4) is 0 Å². The van der Waals surface area contributed by atoms with E-state index in [2.05, 4.69) is 20.3 Å². The first-order valence-electron chi connectivity index (χ1n) is 8.75. The molecular formula is C21H15N5OS. The van der Waals surface area contributed by atoms with Gasteiger partial charge in [0.1, 0.15) is 0 Å². The Kier molecular flexibility index (Phi) is 3.87. The molecule has 136 valence electrons. The molecule has 1 N–H and O–H groups in total. The minimum absolute atomic E-state index is 0.210. The van der Waals surface area contributed by atoms with Crippen LogP contribution in [0.5, 0.6) is 0 Å². The van der Waals surface area contributed by atoms with Gasteiger partial charge in [-0.3, -0.25) is 9.20 Å². The number of nitrogens with one attached hydrogen (secondary N) is 1. The van der Waals surface area contributed by atoms with Crippen LogP contribution >= 0.6 is 11.3 Å². The van der Waals surface area contributed by atoms with Crippen LogP contribution in [0.2, 0.25) is 0 Å². The second-order valence-electron chi connectivity index (χ2n) is 6.42. The molecule has 2 aromatic carbocycles. The molecule has 1 amide bonds. The summed E-state index contributed by atoms with van der Waals surface area (Å²) in [7, 11) is 0. The highest BCUT2D eigenvalue weighted by Crippen LogP contribution is 2.27. The summed E-state index contributed by atoms with van der Waals surface area (Å²) in [6.07, 6.45) is 5.54.